The van der Waals surface area contributed by atoms with E-state index in [2.05, 4.69) is 72.7 Å². The van der Waals surface area contributed by atoms with E-state index in [1.807, 2.05) is 0 Å². The highest BCUT2D eigenvalue weighted by atomic mass is 16.5. The summed E-state index contributed by atoms with van der Waals surface area (Å²) < 4.78 is 6.47. The van der Waals surface area contributed by atoms with Gasteiger partial charge in [0.2, 0.25) is 0 Å². The number of hydrogen-bond acceptors (Lipinski definition) is 1. The van der Waals surface area contributed by atoms with Crippen LogP contribution in [0.2, 0.25) is 0 Å². The Morgan fingerprint density at radius 1 is 1.00 bits per heavy atom. The van der Waals surface area contributed by atoms with Crippen LogP contribution in [-0.4, -0.2) is 6.10 Å². The Kier molecular flexibility index (Phi) is 7.12. The molecule has 0 spiro atoms. The van der Waals surface area contributed by atoms with Gasteiger partial charge in [-0.25, -0.2) is 0 Å². The van der Waals surface area contributed by atoms with E-state index < -0.39 is 0 Å². The molecule has 0 aromatic heterocycles. The number of ether oxygens (including phenoxy) is 1. The predicted molar refractivity (Wildman–Crippen MR) is 97.1 cm³/mol. The van der Waals surface area contributed by atoms with Crippen molar-refractivity contribution < 1.29 is 4.74 Å². The normalized spacial score (nSPS) is 14.1. The molecule has 1 rings (SSSR count). The van der Waals surface area contributed by atoms with Crippen LogP contribution in [0.15, 0.2) is 24.3 Å². The van der Waals surface area contributed by atoms with Crippen molar-refractivity contribution in [2.75, 3.05) is 0 Å². The Balaban J connectivity index is 2.79. The molecule has 0 saturated heterocycles. The largest absolute Gasteiger partial charge is 0.372 e. The fourth-order valence-electron chi connectivity index (χ4n) is 3.55. The van der Waals surface area contributed by atoms with Crippen molar-refractivity contribution in [3.63, 3.8) is 0 Å². The molecule has 1 unspecified atom stereocenters. The average molecular weight is 305 g/mol. The molecule has 126 valence electrons. The molecule has 1 heteroatoms. The number of benzene rings is 1. The maximum atomic E-state index is 6.47. The molecular weight excluding hydrogens is 268 g/mol. The average Bonchev–Trinajstić information content (AvgIpc) is 2.39. The summed E-state index contributed by atoms with van der Waals surface area (Å²) in [6.45, 7) is 16.8. The first-order valence-electron chi connectivity index (χ1n) is 8.84. The minimum atomic E-state index is 0.151. The Morgan fingerprint density at radius 3 is 2.18 bits per heavy atom. The summed E-state index contributed by atoms with van der Waals surface area (Å²) in [4.78, 5) is 0. The van der Waals surface area contributed by atoms with Crippen molar-refractivity contribution in [3.8, 4) is 0 Å². The molecule has 22 heavy (non-hydrogen) atoms. The molecule has 0 aliphatic heterocycles. The highest BCUT2D eigenvalue weighted by Crippen LogP contribution is 2.40. The zero-order valence-corrected chi connectivity index (χ0v) is 15.8. The Morgan fingerprint density at radius 2 is 1.64 bits per heavy atom. The quantitative estimate of drug-likeness (QED) is 0.496. The van der Waals surface area contributed by atoms with Crippen molar-refractivity contribution in [2.45, 2.75) is 86.9 Å². The van der Waals surface area contributed by atoms with Crippen molar-refractivity contribution in [3.05, 3.63) is 35.4 Å². The van der Waals surface area contributed by atoms with Crippen LogP contribution < -0.4 is 0 Å². The van der Waals surface area contributed by atoms with Gasteiger partial charge in [0.05, 0.1) is 12.7 Å². The Bertz CT molecular complexity index is 439. The molecular formula is C21H36O. The van der Waals surface area contributed by atoms with Crippen LogP contribution in [0.1, 0.15) is 78.4 Å². The highest BCUT2D eigenvalue weighted by molar-refractivity contribution is 5.24. The van der Waals surface area contributed by atoms with Crippen LogP contribution in [0.5, 0.6) is 0 Å². The lowest BCUT2D eigenvalue weighted by Gasteiger charge is -2.43. The van der Waals surface area contributed by atoms with Gasteiger partial charge in [0.15, 0.2) is 0 Å². The van der Waals surface area contributed by atoms with E-state index in [1.54, 1.807) is 0 Å². The third-order valence-electron chi connectivity index (χ3n) is 4.59. The molecule has 0 fully saturated rings. The summed E-state index contributed by atoms with van der Waals surface area (Å²) in [5.41, 5.74) is 2.98. The highest BCUT2D eigenvalue weighted by Gasteiger charge is 2.38. The van der Waals surface area contributed by atoms with E-state index in [-0.39, 0.29) is 16.9 Å². The fraction of sp³-hybridized carbons (Fsp3) is 0.714. The van der Waals surface area contributed by atoms with Gasteiger partial charge in [0, 0.05) is 0 Å². The molecule has 0 radical (unpaired) electrons. The first kappa shape index (κ1) is 19.2. The zero-order chi connectivity index (χ0) is 16.8. The maximum Gasteiger partial charge on any atom is 0.0723 e. The Labute approximate surface area is 138 Å². The van der Waals surface area contributed by atoms with Gasteiger partial charge in [-0.1, -0.05) is 85.1 Å². The molecule has 1 atom stereocenters. The Hall–Kier alpha value is -0.820. The predicted octanol–water partition coefficient (Wildman–Crippen LogP) is 6.53. The van der Waals surface area contributed by atoms with Crippen LogP contribution in [0.3, 0.4) is 0 Å². The molecule has 0 heterocycles. The van der Waals surface area contributed by atoms with Crippen LogP contribution in [-0.2, 0) is 11.3 Å². The monoisotopic (exact) mass is 304 g/mol. The van der Waals surface area contributed by atoms with Crippen LogP contribution >= 0.6 is 0 Å². The van der Waals surface area contributed by atoms with E-state index in [0.29, 0.717) is 6.61 Å². The molecule has 0 amide bonds. The molecule has 1 nitrogen and oxygen atoms in total. The lowest BCUT2D eigenvalue weighted by Crippen LogP contribution is -2.42. The minimum absolute atomic E-state index is 0.151. The van der Waals surface area contributed by atoms with Crippen LogP contribution in [0.25, 0.3) is 0 Å². The van der Waals surface area contributed by atoms with Gasteiger partial charge in [-0.2, -0.15) is 0 Å². The van der Waals surface area contributed by atoms with Gasteiger partial charge < -0.3 is 4.74 Å². The van der Waals surface area contributed by atoms with E-state index in [1.165, 1.54) is 36.8 Å². The van der Waals surface area contributed by atoms with Crippen molar-refractivity contribution in [1.29, 1.82) is 0 Å². The smallest absolute Gasteiger partial charge is 0.0723 e. The van der Waals surface area contributed by atoms with E-state index in [4.69, 9.17) is 4.74 Å². The molecule has 0 aliphatic carbocycles. The SMILES string of the molecule is CCCCCC(C)(C)C(OCc1ccccc1C)C(C)(C)C. The zero-order valence-electron chi connectivity index (χ0n) is 15.8. The lowest BCUT2D eigenvalue weighted by molar-refractivity contribution is -0.100. The fourth-order valence-corrected chi connectivity index (χ4v) is 3.55. The molecule has 0 bridgehead atoms. The van der Waals surface area contributed by atoms with Crippen LogP contribution in [0, 0.1) is 17.8 Å². The third-order valence-corrected chi connectivity index (χ3v) is 4.59. The van der Waals surface area contributed by atoms with Gasteiger partial charge in [-0.3, -0.25) is 0 Å². The van der Waals surface area contributed by atoms with E-state index in [0.717, 1.165) is 0 Å². The summed E-state index contributed by atoms with van der Waals surface area (Å²) >= 11 is 0. The van der Waals surface area contributed by atoms with Gasteiger partial charge in [-0.15, -0.1) is 0 Å². The lowest BCUT2D eigenvalue weighted by atomic mass is 9.70. The van der Waals surface area contributed by atoms with E-state index >= 15 is 0 Å². The summed E-state index contributed by atoms with van der Waals surface area (Å²) in [5, 5.41) is 0. The van der Waals surface area contributed by atoms with Crippen molar-refractivity contribution in [2.24, 2.45) is 10.8 Å². The first-order valence-corrected chi connectivity index (χ1v) is 8.84. The summed E-state index contributed by atoms with van der Waals surface area (Å²) in [7, 11) is 0. The van der Waals surface area contributed by atoms with Crippen molar-refractivity contribution in [1.82, 2.24) is 0 Å². The molecule has 0 saturated carbocycles. The third kappa shape index (κ3) is 5.76. The number of unbranched alkanes of at least 4 members (excludes halogenated alkanes) is 2. The summed E-state index contributed by atoms with van der Waals surface area (Å²) in [6, 6.07) is 8.54. The molecule has 0 N–H and O–H groups in total. The molecule has 1 aromatic carbocycles. The topological polar surface area (TPSA) is 9.23 Å². The van der Waals surface area contributed by atoms with Crippen LogP contribution in [0.4, 0.5) is 0 Å². The summed E-state index contributed by atoms with van der Waals surface area (Å²) in [6.07, 6.45) is 5.38. The van der Waals surface area contributed by atoms with Gasteiger partial charge in [0.1, 0.15) is 0 Å². The molecule has 1 aromatic rings. The van der Waals surface area contributed by atoms with E-state index in [9.17, 15) is 0 Å². The number of rotatable bonds is 8. The minimum Gasteiger partial charge on any atom is -0.372 e. The van der Waals surface area contributed by atoms with Gasteiger partial charge in [-0.05, 0) is 35.3 Å². The second-order valence-corrected chi connectivity index (χ2v) is 8.43. The first-order chi connectivity index (χ1) is 10.2. The number of aryl methyl sites for hydroxylation is 1. The van der Waals surface area contributed by atoms with Gasteiger partial charge >= 0.3 is 0 Å². The van der Waals surface area contributed by atoms with Gasteiger partial charge in [0.25, 0.3) is 0 Å². The second-order valence-electron chi connectivity index (χ2n) is 8.43. The maximum absolute atomic E-state index is 6.47. The second kappa shape index (κ2) is 8.15. The standard InChI is InChI=1S/C21H36O/c1-8-9-12-15-21(6,7)19(20(3,4)5)22-16-18-14-11-10-13-17(18)2/h10-11,13-14,19H,8-9,12,15-16H2,1-7H3. The summed E-state index contributed by atoms with van der Waals surface area (Å²) in [5.74, 6) is 0. The molecule has 0 aliphatic rings. The van der Waals surface area contributed by atoms with Crippen molar-refractivity contribution >= 4 is 0 Å². The number of hydrogen-bond donors (Lipinski definition) is 0.